The predicted octanol–water partition coefficient (Wildman–Crippen LogP) is 2.83. The summed E-state index contributed by atoms with van der Waals surface area (Å²) in [6.07, 6.45) is -0.673. The maximum absolute atomic E-state index is 13.6. The van der Waals surface area contributed by atoms with Crippen LogP contribution in [0, 0.1) is 11.6 Å². The van der Waals surface area contributed by atoms with E-state index in [0.717, 1.165) is 12.1 Å². The number of rotatable bonds is 1. The summed E-state index contributed by atoms with van der Waals surface area (Å²) < 4.78 is 32.4. The molecule has 1 fully saturated rings. The van der Waals surface area contributed by atoms with Crippen molar-refractivity contribution in [2.24, 2.45) is 0 Å². The Bertz CT molecular complexity index is 398. The lowest BCUT2D eigenvalue weighted by atomic mass is 9.98. The minimum Gasteiger partial charge on any atom is -0.393 e. The molecule has 0 radical (unpaired) electrons. The van der Waals surface area contributed by atoms with Gasteiger partial charge in [-0.3, -0.25) is 0 Å². The van der Waals surface area contributed by atoms with Gasteiger partial charge < -0.3 is 9.84 Å². The third-order valence-corrected chi connectivity index (χ3v) is 2.95. The second-order valence-corrected chi connectivity index (χ2v) is 4.20. The highest BCUT2D eigenvalue weighted by Gasteiger charge is 2.28. The van der Waals surface area contributed by atoms with Crippen LogP contribution in [-0.2, 0) is 4.74 Å². The number of ether oxygens (including phenoxy) is 1. The van der Waals surface area contributed by atoms with Gasteiger partial charge in [-0.25, -0.2) is 8.78 Å². The van der Waals surface area contributed by atoms with Crippen molar-refractivity contribution < 1.29 is 18.6 Å². The van der Waals surface area contributed by atoms with Gasteiger partial charge in [0.05, 0.1) is 22.8 Å². The van der Waals surface area contributed by atoms with Crippen LogP contribution in [0.4, 0.5) is 8.78 Å². The Kier molecular flexibility index (Phi) is 3.42. The van der Waals surface area contributed by atoms with Crippen molar-refractivity contribution in [1.29, 1.82) is 0 Å². The number of aliphatic hydroxyl groups is 1. The van der Waals surface area contributed by atoms with Crippen LogP contribution in [0.25, 0.3) is 0 Å². The standard InChI is InChI=1S/C11H11ClF2O2/c12-7-1-2-8(13)10(11(7)14)9-5-6(15)3-4-16-9/h1-2,6,9,15H,3-5H2. The molecule has 88 valence electrons. The first-order valence-electron chi connectivity index (χ1n) is 5.02. The van der Waals surface area contributed by atoms with Crippen LogP contribution in [0.1, 0.15) is 24.5 Å². The molecule has 0 spiro atoms. The number of aliphatic hydroxyl groups excluding tert-OH is 1. The van der Waals surface area contributed by atoms with E-state index in [2.05, 4.69) is 0 Å². The van der Waals surface area contributed by atoms with Crippen LogP contribution in [0.15, 0.2) is 12.1 Å². The molecule has 2 nitrogen and oxygen atoms in total. The first-order valence-corrected chi connectivity index (χ1v) is 5.40. The van der Waals surface area contributed by atoms with Crippen molar-refractivity contribution in [3.05, 3.63) is 34.4 Å². The van der Waals surface area contributed by atoms with Gasteiger partial charge in [-0.1, -0.05) is 11.6 Å². The molecule has 1 aliphatic rings. The molecule has 2 rings (SSSR count). The number of hydrogen-bond acceptors (Lipinski definition) is 2. The molecule has 0 aromatic heterocycles. The molecule has 5 heteroatoms. The van der Waals surface area contributed by atoms with E-state index in [1.807, 2.05) is 0 Å². The van der Waals surface area contributed by atoms with Gasteiger partial charge >= 0.3 is 0 Å². The lowest BCUT2D eigenvalue weighted by Crippen LogP contribution is -2.24. The maximum Gasteiger partial charge on any atom is 0.150 e. The molecule has 1 heterocycles. The molecule has 0 amide bonds. The summed E-state index contributed by atoms with van der Waals surface area (Å²) in [4.78, 5) is 0. The summed E-state index contributed by atoms with van der Waals surface area (Å²) >= 11 is 5.58. The Balaban J connectivity index is 2.35. The smallest absolute Gasteiger partial charge is 0.150 e. The molecular weight excluding hydrogens is 238 g/mol. The van der Waals surface area contributed by atoms with Gasteiger partial charge in [0, 0.05) is 13.0 Å². The van der Waals surface area contributed by atoms with Gasteiger partial charge in [-0.15, -0.1) is 0 Å². The van der Waals surface area contributed by atoms with Crippen LogP contribution >= 0.6 is 11.6 Å². The summed E-state index contributed by atoms with van der Waals surface area (Å²) in [6.45, 7) is 0.289. The molecule has 0 aliphatic carbocycles. The summed E-state index contributed by atoms with van der Waals surface area (Å²) in [5.41, 5.74) is -0.189. The van der Waals surface area contributed by atoms with Crippen molar-refractivity contribution in [2.45, 2.75) is 25.0 Å². The number of benzene rings is 1. The Hall–Kier alpha value is -0.710. The maximum atomic E-state index is 13.6. The topological polar surface area (TPSA) is 29.5 Å². The average molecular weight is 249 g/mol. The second-order valence-electron chi connectivity index (χ2n) is 3.79. The third kappa shape index (κ3) is 2.19. The van der Waals surface area contributed by atoms with Crippen LogP contribution in [-0.4, -0.2) is 17.8 Å². The highest BCUT2D eigenvalue weighted by molar-refractivity contribution is 6.30. The van der Waals surface area contributed by atoms with Gasteiger partial charge in [0.25, 0.3) is 0 Å². The summed E-state index contributed by atoms with van der Waals surface area (Å²) in [5, 5.41) is 9.30. The molecule has 0 saturated carbocycles. The zero-order valence-electron chi connectivity index (χ0n) is 8.42. The Morgan fingerprint density at radius 1 is 1.38 bits per heavy atom. The zero-order valence-corrected chi connectivity index (χ0v) is 9.18. The van der Waals surface area contributed by atoms with Crippen molar-refractivity contribution in [2.75, 3.05) is 6.61 Å². The predicted molar refractivity (Wildman–Crippen MR) is 55.3 cm³/mol. The van der Waals surface area contributed by atoms with Crippen LogP contribution in [0.3, 0.4) is 0 Å². The fraction of sp³-hybridized carbons (Fsp3) is 0.455. The Labute approximate surface area is 96.8 Å². The first-order chi connectivity index (χ1) is 7.59. The molecular formula is C11H11ClF2O2. The lowest BCUT2D eigenvalue weighted by Gasteiger charge is -2.27. The van der Waals surface area contributed by atoms with Crippen molar-refractivity contribution in [1.82, 2.24) is 0 Å². The average Bonchev–Trinajstić information content (AvgIpc) is 2.24. The molecule has 1 N–H and O–H groups in total. The van der Waals surface area contributed by atoms with Gasteiger partial charge in [0.15, 0.2) is 5.82 Å². The molecule has 1 aromatic rings. The molecule has 0 bridgehead atoms. The van der Waals surface area contributed by atoms with Gasteiger partial charge in [-0.2, -0.15) is 0 Å². The van der Waals surface area contributed by atoms with Crippen LogP contribution in [0.5, 0.6) is 0 Å². The van der Waals surface area contributed by atoms with E-state index in [4.69, 9.17) is 16.3 Å². The fourth-order valence-corrected chi connectivity index (χ4v) is 1.98. The van der Waals surface area contributed by atoms with Crippen LogP contribution in [0.2, 0.25) is 5.02 Å². The van der Waals surface area contributed by atoms with E-state index in [-0.39, 0.29) is 23.6 Å². The largest absolute Gasteiger partial charge is 0.393 e. The normalized spacial score (nSPS) is 25.8. The highest BCUT2D eigenvalue weighted by atomic mass is 35.5. The van der Waals surface area contributed by atoms with E-state index in [1.165, 1.54) is 0 Å². The van der Waals surface area contributed by atoms with Crippen LogP contribution < -0.4 is 0 Å². The van der Waals surface area contributed by atoms with E-state index < -0.39 is 23.8 Å². The van der Waals surface area contributed by atoms with Gasteiger partial charge in [-0.05, 0) is 18.6 Å². The third-order valence-electron chi connectivity index (χ3n) is 2.66. The molecule has 16 heavy (non-hydrogen) atoms. The highest BCUT2D eigenvalue weighted by Crippen LogP contribution is 2.34. The van der Waals surface area contributed by atoms with Crippen molar-refractivity contribution in [3.63, 3.8) is 0 Å². The lowest BCUT2D eigenvalue weighted by molar-refractivity contribution is -0.0475. The molecule has 1 aliphatic heterocycles. The van der Waals surface area contributed by atoms with E-state index in [0.29, 0.717) is 6.42 Å². The first kappa shape index (κ1) is 11.8. The minimum atomic E-state index is -0.805. The number of halogens is 3. The molecule has 2 atom stereocenters. The van der Waals surface area contributed by atoms with Crippen molar-refractivity contribution in [3.8, 4) is 0 Å². The van der Waals surface area contributed by atoms with E-state index in [1.54, 1.807) is 0 Å². The Morgan fingerprint density at radius 2 is 2.12 bits per heavy atom. The zero-order chi connectivity index (χ0) is 11.7. The SMILES string of the molecule is OC1CCOC(c2c(F)ccc(Cl)c2F)C1. The minimum absolute atomic E-state index is 0.139. The van der Waals surface area contributed by atoms with Crippen molar-refractivity contribution >= 4 is 11.6 Å². The molecule has 2 unspecified atom stereocenters. The summed E-state index contributed by atoms with van der Waals surface area (Å²) in [6, 6.07) is 2.26. The Morgan fingerprint density at radius 3 is 2.81 bits per heavy atom. The van der Waals surface area contributed by atoms with E-state index in [9.17, 15) is 13.9 Å². The molecule has 1 aromatic carbocycles. The quantitative estimate of drug-likeness (QED) is 0.775. The number of hydrogen-bond donors (Lipinski definition) is 1. The second kappa shape index (κ2) is 4.65. The monoisotopic (exact) mass is 248 g/mol. The van der Waals surface area contributed by atoms with Gasteiger partial charge in [0.1, 0.15) is 5.82 Å². The summed E-state index contributed by atoms with van der Waals surface area (Å²) in [7, 11) is 0. The van der Waals surface area contributed by atoms with Gasteiger partial charge in [0.2, 0.25) is 0 Å². The van der Waals surface area contributed by atoms with E-state index >= 15 is 0 Å². The summed E-state index contributed by atoms with van der Waals surface area (Å²) in [5.74, 6) is -1.50. The fourth-order valence-electron chi connectivity index (χ4n) is 1.82. The molecule has 1 saturated heterocycles.